The fourth-order valence-corrected chi connectivity index (χ4v) is 2.32. The second kappa shape index (κ2) is 5.11. The molecule has 2 N–H and O–H groups in total. The zero-order valence-electron chi connectivity index (χ0n) is 11.6. The summed E-state index contributed by atoms with van der Waals surface area (Å²) in [6.45, 7) is 10.0. The zero-order valence-corrected chi connectivity index (χ0v) is 11.6. The van der Waals surface area contributed by atoms with E-state index in [1.807, 2.05) is 12.3 Å². The molecule has 1 aliphatic heterocycles. The van der Waals surface area contributed by atoms with Gasteiger partial charge in [0.15, 0.2) is 0 Å². The highest BCUT2D eigenvalue weighted by Crippen LogP contribution is 2.30. The maximum atomic E-state index is 5.59. The van der Waals surface area contributed by atoms with Gasteiger partial charge in [-0.2, -0.15) is 0 Å². The van der Waals surface area contributed by atoms with Crippen LogP contribution in [0, 0.1) is 5.41 Å². The Kier molecular flexibility index (Phi) is 3.71. The highest BCUT2D eigenvalue weighted by molar-refractivity contribution is 5.29. The van der Waals surface area contributed by atoms with Crippen LogP contribution in [0.15, 0.2) is 30.0 Å². The zero-order chi connectivity index (χ0) is 13.2. The number of nitrogens with two attached hydrogens (primary N) is 1. The standard InChI is InChI=1S/C15H23N3/c1-15(2,3)13-6-8-18(9-7-13)11-12-4-5-14(16)17-10-12/h4-6,10H,7-9,11H2,1-3H3,(H2,16,17). The SMILES string of the molecule is CC(C)(C)C1=CCN(Cc2ccc(N)nc2)CC1. The molecular formula is C15H23N3. The van der Waals surface area contributed by atoms with Crippen molar-refractivity contribution in [1.82, 2.24) is 9.88 Å². The van der Waals surface area contributed by atoms with Gasteiger partial charge < -0.3 is 5.73 Å². The number of hydrogen-bond donors (Lipinski definition) is 1. The summed E-state index contributed by atoms with van der Waals surface area (Å²) in [6.07, 6.45) is 5.43. The summed E-state index contributed by atoms with van der Waals surface area (Å²) in [4.78, 5) is 6.58. The van der Waals surface area contributed by atoms with Crippen molar-refractivity contribution < 1.29 is 0 Å². The van der Waals surface area contributed by atoms with Gasteiger partial charge in [0.05, 0.1) is 0 Å². The van der Waals surface area contributed by atoms with Gasteiger partial charge in [-0.25, -0.2) is 4.98 Å². The van der Waals surface area contributed by atoms with E-state index in [1.54, 1.807) is 5.57 Å². The fourth-order valence-electron chi connectivity index (χ4n) is 2.32. The lowest BCUT2D eigenvalue weighted by atomic mass is 9.83. The van der Waals surface area contributed by atoms with E-state index in [1.165, 1.54) is 12.0 Å². The van der Waals surface area contributed by atoms with Crippen LogP contribution in [-0.4, -0.2) is 23.0 Å². The largest absolute Gasteiger partial charge is 0.384 e. The van der Waals surface area contributed by atoms with Crippen molar-refractivity contribution in [2.24, 2.45) is 5.41 Å². The lowest BCUT2D eigenvalue weighted by Gasteiger charge is -2.32. The maximum absolute atomic E-state index is 5.59. The van der Waals surface area contributed by atoms with Crippen molar-refractivity contribution in [3.63, 3.8) is 0 Å². The van der Waals surface area contributed by atoms with Crippen molar-refractivity contribution in [1.29, 1.82) is 0 Å². The first-order valence-corrected chi connectivity index (χ1v) is 6.57. The monoisotopic (exact) mass is 245 g/mol. The van der Waals surface area contributed by atoms with Gasteiger partial charge in [-0.15, -0.1) is 0 Å². The summed E-state index contributed by atoms with van der Waals surface area (Å²) < 4.78 is 0. The molecule has 0 bridgehead atoms. The summed E-state index contributed by atoms with van der Waals surface area (Å²) in [7, 11) is 0. The van der Waals surface area contributed by atoms with E-state index in [4.69, 9.17) is 5.73 Å². The molecule has 98 valence electrons. The van der Waals surface area contributed by atoms with Crippen LogP contribution in [0.2, 0.25) is 0 Å². The van der Waals surface area contributed by atoms with Crippen LogP contribution >= 0.6 is 0 Å². The molecule has 0 atom stereocenters. The average Bonchev–Trinajstić information content (AvgIpc) is 2.32. The normalized spacial score (nSPS) is 17.6. The molecule has 0 amide bonds. The van der Waals surface area contributed by atoms with Gasteiger partial charge >= 0.3 is 0 Å². The minimum absolute atomic E-state index is 0.314. The molecule has 0 aliphatic carbocycles. The first-order chi connectivity index (χ1) is 8.45. The van der Waals surface area contributed by atoms with E-state index in [-0.39, 0.29) is 0 Å². The predicted octanol–water partition coefficient (Wildman–Crippen LogP) is 2.84. The molecule has 1 aromatic heterocycles. The van der Waals surface area contributed by atoms with Crippen LogP contribution in [0.5, 0.6) is 0 Å². The van der Waals surface area contributed by atoms with E-state index >= 15 is 0 Å². The number of pyridine rings is 1. The fraction of sp³-hybridized carbons (Fsp3) is 0.533. The van der Waals surface area contributed by atoms with Gasteiger partial charge in [0, 0.05) is 25.8 Å². The number of nitrogens with zero attached hydrogens (tertiary/aromatic N) is 2. The topological polar surface area (TPSA) is 42.1 Å². The average molecular weight is 245 g/mol. The molecule has 1 aromatic rings. The van der Waals surface area contributed by atoms with E-state index in [0.717, 1.165) is 19.6 Å². The van der Waals surface area contributed by atoms with Crippen molar-refractivity contribution in [2.75, 3.05) is 18.8 Å². The maximum Gasteiger partial charge on any atom is 0.123 e. The Hall–Kier alpha value is -1.35. The number of anilines is 1. The molecule has 0 aromatic carbocycles. The molecule has 18 heavy (non-hydrogen) atoms. The van der Waals surface area contributed by atoms with Crippen LogP contribution in [0.25, 0.3) is 0 Å². The molecule has 3 heteroatoms. The van der Waals surface area contributed by atoms with Crippen molar-refractivity contribution in [3.05, 3.63) is 35.5 Å². The molecule has 0 saturated heterocycles. The minimum Gasteiger partial charge on any atom is -0.384 e. The number of rotatable bonds is 2. The smallest absolute Gasteiger partial charge is 0.123 e. The summed E-state index contributed by atoms with van der Waals surface area (Å²) in [6, 6.07) is 3.93. The Morgan fingerprint density at radius 2 is 2.11 bits per heavy atom. The molecule has 1 aliphatic rings. The highest BCUT2D eigenvalue weighted by atomic mass is 15.1. The van der Waals surface area contributed by atoms with Crippen LogP contribution in [0.1, 0.15) is 32.8 Å². The van der Waals surface area contributed by atoms with Gasteiger partial charge in [0.1, 0.15) is 5.82 Å². The molecule has 2 rings (SSSR count). The van der Waals surface area contributed by atoms with Crippen molar-refractivity contribution in [2.45, 2.75) is 33.7 Å². The first-order valence-electron chi connectivity index (χ1n) is 6.57. The Morgan fingerprint density at radius 1 is 1.33 bits per heavy atom. The third-order valence-electron chi connectivity index (χ3n) is 3.51. The molecule has 0 unspecified atom stereocenters. The van der Waals surface area contributed by atoms with E-state index in [0.29, 0.717) is 11.2 Å². The van der Waals surface area contributed by atoms with Gasteiger partial charge in [-0.05, 0) is 23.5 Å². The van der Waals surface area contributed by atoms with Crippen LogP contribution in [-0.2, 0) is 6.54 Å². The van der Waals surface area contributed by atoms with Crippen LogP contribution in [0.3, 0.4) is 0 Å². The molecule has 0 fully saturated rings. The Morgan fingerprint density at radius 3 is 2.61 bits per heavy atom. The van der Waals surface area contributed by atoms with E-state index in [2.05, 4.69) is 42.8 Å². The molecular weight excluding hydrogens is 222 g/mol. The van der Waals surface area contributed by atoms with E-state index < -0.39 is 0 Å². The first kappa shape index (κ1) is 13.1. The minimum atomic E-state index is 0.314. The third-order valence-corrected chi connectivity index (χ3v) is 3.51. The molecule has 2 heterocycles. The van der Waals surface area contributed by atoms with Crippen molar-refractivity contribution >= 4 is 5.82 Å². The second-order valence-electron chi connectivity index (χ2n) is 6.06. The van der Waals surface area contributed by atoms with Gasteiger partial charge in [0.25, 0.3) is 0 Å². The number of aromatic nitrogens is 1. The summed E-state index contributed by atoms with van der Waals surface area (Å²) >= 11 is 0. The van der Waals surface area contributed by atoms with E-state index in [9.17, 15) is 0 Å². The summed E-state index contributed by atoms with van der Waals surface area (Å²) in [5.41, 5.74) is 8.72. The van der Waals surface area contributed by atoms with Crippen LogP contribution in [0.4, 0.5) is 5.82 Å². The Labute approximate surface area is 110 Å². The Bertz CT molecular complexity index is 426. The molecule has 0 radical (unpaired) electrons. The lowest BCUT2D eigenvalue weighted by Crippen LogP contribution is -2.30. The molecule has 0 saturated carbocycles. The molecule has 3 nitrogen and oxygen atoms in total. The summed E-state index contributed by atoms with van der Waals surface area (Å²) in [5.74, 6) is 0.590. The second-order valence-corrected chi connectivity index (χ2v) is 6.06. The molecule has 0 spiro atoms. The predicted molar refractivity (Wildman–Crippen MR) is 76.1 cm³/mol. The quantitative estimate of drug-likeness (QED) is 0.815. The third kappa shape index (κ3) is 3.33. The summed E-state index contributed by atoms with van der Waals surface area (Å²) in [5, 5.41) is 0. The van der Waals surface area contributed by atoms with Gasteiger partial charge in [0.2, 0.25) is 0 Å². The van der Waals surface area contributed by atoms with Crippen LogP contribution < -0.4 is 5.73 Å². The van der Waals surface area contributed by atoms with Crippen molar-refractivity contribution in [3.8, 4) is 0 Å². The number of hydrogen-bond acceptors (Lipinski definition) is 3. The lowest BCUT2D eigenvalue weighted by molar-refractivity contribution is 0.271. The highest BCUT2D eigenvalue weighted by Gasteiger charge is 2.21. The van der Waals surface area contributed by atoms with Gasteiger partial charge in [-0.3, -0.25) is 4.90 Å². The Balaban J connectivity index is 1.94. The van der Waals surface area contributed by atoms with Gasteiger partial charge in [-0.1, -0.05) is 38.5 Å². The number of nitrogen functional groups attached to an aromatic ring is 1.